The molecule has 0 fully saturated rings. The Morgan fingerprint density at radius 2 is 2.06 bits per heavy atom. The van der Waals surface area contributed by atoms with Gasteiger partial charge in [-0.2, -0.15) is 0 Å². The van der Waals surface area contributed by atoms with Gasteiger partial charge in [-0.05, 0) is 37.4 Å². The quantitative estimate of drug-likeness (QED) is 0.848. The molecule has 16 heavy (non-hydrogen) atoms. The zero-order chi connectivity index (χ0) is 11.7. The molecule has 0 aromatic carbocycles. The first-order valence-electron chi connectivity index (χ1n) is 5.30. The Hall–Kier alpha value is -0.870. The van der Waals surface area contributed by atoms with Gasteiger partial charge in [0.2, 0.25) is 5.28 Å². The number of thiophene rings is 1. The van der Waals surface area contributed by atoms with Crippen LogP contribution in [0.3, 0.4) is 0 Å². The summed E-state index contributed by atoms with van der Waals surface area (Å²) in [6, 6.07) is 0. The van der Waals surface area contributed by atoms with Crippen LogP contribution in [-0.4, -0.2) is 16.5 Å². The highest BCUT2D eigenvalue weighted by Gasteiger charge is 2.13. The average molecular weight is 256 g/mol. The summed E-state index contributed by atoms with van der Waals surface area (Å²) >= 11 is 7.57. The third kappa shape index (κ3) is 1.99. The smallest absolute Gasteiger partial charge is 0.225 e. The van der Waals surface area contributed by atoms with Crippen LogP contribution in [0, 0.1) is 13.8 Å². The lowest BCUT2D eigenvalue weighted by Crippen LogP contribution is -2.03. The van der Waals surface area contributed by atoms with E-state index in [0.717, 1.165) is 29.0 Å². The standard InChI is InChI=1S/C11H14ClN3S/c1-4-5-13-9-8-6(2)7(3)16-10(8)15-11(12)14-9/h4-5H2,1-3H3,(H,13,14,15). The van der Waals surface area contributed by atoms with Crippen molar-refractivity contribution in [1.82, 2.24) is 9.97 Å². The first kappa shape index (κ1) is 11.6. The van der Waals surface area contributed by atoms with Crippen molar-refractivity contribution >= 4 is 39.0 Å². The SMILES string of the molecule is CCCNc1nc(Cl)nc2sc(C)c(C)c12. The number of anilines is 1. The van der Waals surface area contributed by atoms with Crippen molar-refractivity contribution in [3.8, 4) is 0 Å². The molecule has 2 aromatic heterocycles. The van der Waals surface area contributed by atoms with Gasteiger partial charge in [-0.15, -0.1) is 11.3 Å². The third-order valence-corrected chi connectivity index (χ3v) is 3.81. The summed E-state index contributed by atoms with van der Waals surface area (Å²) < 4.78 is 0. The minimum atomic E-state index is 0.312. The molecule has 0 spiro atoms. The van der Waals surface area contributed by atoms with Crippen molar-refractivity contribution < 1.29 is 0 Å². The summed E-state index contributed by atoms with van der Waals surface area (Å²) in [7, 11) is 0. The molecule has 0 aliphatic heterocycles. The number of nitrogens with one attached hydrogen (secondary N) is 1. The summed E-state index contributed by atoms with van der Waals surface area (Å²) in [4.78, 5) is 10.8. The van der Waals surface area contributed by atoms with E-state index in [9.17, 15) is 0 Å². The van der Waals surface area contributed by atoms with Gasteiger partial charge in [0.25, 0.3) is 0 Å². The lowest BCUT2D eigenvalue weighted by Gasteiger charge is -2.06. The molecule has 0 unspecified atom stereocenters. The normalized spacial score (nSPS) is 11.0. The maximum atomic E-state index is 5.91. The maximum absolute atomic E-state index is 5.91. The topological polar surface area (TPSA) is 37.8 Å². The van der Waals surface area contributed by atoms with E-state index in [-0.39, 0.29) is 0 Å². The van der Waals surface area contributed by atoms with Crippen LogP contribution < -0.4 is 5.32 Å². The van der Waals surface area contributed by atoms with Gasteiger partial charge in [0.05, 0.1) is 5.39 Å². The maximum Gasteiger partial charge on any atom is 0.225 e. The minimum absolute atomic E-state index is 0.312. The van der Waals surface area contributed by atoms with Crippen molar-refractivity contribution in [2.24, 2.45) is 0 Å². The second-order valence-electron chi connectivity index (χ2n) is 3.73. The molecule has 0 saturated carbocycles. The van der Waals surface area contributed by atoms with Crippen LogP contribution in [0.5, 0.6) is 0 Å². The number of rotatable bonds is 3. The fourth-order valence-electron chi connectivity index (χ4n) is 1.59. The Morgan fingerprint density at radius 1 is 1.31 bits per heavy atom. The van der Waals surface area contributed by atoms with Gasteiger partial charge >= 0.3 is 0 Å². The van der Waals surface area contributed by atoms with E-state index in [2.05, 4.69) is 36.1 Å². The van der Waals surface area contributed by atoms with Gasteiger partial charge in [-0.25, -0.2) is 9.97 Å². The van der Waals surface area contributed by atoms with E-state index in [1.165, 1.54) is 10.4 Å². The van der Waals surface area contributed by atoms with Gasteiger partial charge in [-0.3, -0.25) is 0 Å². The Bertz CT molecular complexity index is 521. The van der Waals surface area contributed by atoms with E-state index in [1.807, 2.05) is 0 Å². The molecule has 0 radical (unpaired) electrons. The number of aryl methyl sites for hydroxylation is 2. The second kappa shape index (κ2) is 4.55. The molecule has 1 N–H and O–H groups in total. The highest BCUT2D eigenvalue weighted by molar-refractivity contribution is 7.18. The number of hydrogen-bond donors (Lipinski definition) is 1. The van der Waals surface area contributed by atoms with Crippen LogP contribution in [0.4, 0.5) is 5.82 Å². The zero-order valence-corrected chi connectivity index (χ0v) is 11.2. The first-order chi connectivity index (χ1) is 7.63. The summed E-state index contributed by atoms with van der Waals surface area (Å²) in [6.45, 7) is 7.22. The highest BCUT2D eigenvalue weighted by atomic mass is 35.5. The van der Waals surface area contributed by atoms with Gasteiger partial charge in [0.1, 0.15) is 10.6 Å². The summed E-state index contributed by atoms with van der Waals surface area (Å²) in [6.07, 6.45) is 1.06. The fourth-order valence-corrected chi connectivity index (χ4v) is 2.84. The lowest BCUT2D eigenvalue weighted by molar-refractivity contribution is 0.970. The number of nitrogens with zero attached hydrogens (tertiary/aromatic N) is 2. The van der Waals surface area contributed by atoms with Crippen molar-refractivity contribution in [1.29, 1.82) is 0 Å². The number of fused-ring (bicyclic) bond motifs is 1. The Morgan fingerprint density at radius 3 is 2.75 bits per heavy atom. The molecule has 0 bridgehead atoms. The fraction of sp³-hybridized carbons (Fsp3) is 0.455. The van der Waals surface area contributed by atoms with Crippen LogP contribution in [0.15, 0.2) is 0 Å². The number of halogens is 1. The zero-order valence-electron chi connectivity index (χ0n) is 9.59. The summed E-state index contributed by atoms with van der Waals surface area (Å²) in [5.74, 6) is 0.860. The Balaban J connectivity index is 2.60. The Labute approximate surface area is 104 Å². The van der Waals surface area contributed by atoms with E-state index in [4.69, 9.17) is 11.6 Å². The van der Waals surface area contributed by atoms with Crippen molar-refractivity contribution in [3.63, 3.8) is 0 Å². The molecular weight excluding hydrogens is 242 g/mol. The Kier molecular flexibility index (Phi) is 3.30. The summed E-state index contributed by atoms with van der Waals surface area (Å²) in [5.41, 5.74) is 1.25. The predicted octanol–water partition coefficient (Wildman–Crippen LogP) is 3.78. The number of hydrogen-bond acceptors (Lipinski definition) is 4. The van der Waals surface area contributed by atoms with Crippen LogP contribution in [0.2, 0.25) is 5.28 Å². The predicted molar refractivity (Wildman–Crippen MR) is 70.7 cm³/mol. The summed E-state index contributed by atoms with van der Waals surface area (Å²) in [5, 5.41) is 4.73. The molecule has 0 amide bonds. The minimum Gasteiger partial charge on any atom is -0.369 e. The largest absolute Gasteiger partial charge is 0.369 e. The van der Waals surface area contributed by atoms with E-state index >= 15 is 0 Å². The molecule has 3 nitrogen and oxygen atoms in total. The molecule has 0 saturated heterocycles. The monoisotopic (exact) mass is 255 g/mol. The molecule has 0 atom stereocenters. The molecule has 0 aliphatic rings. The van der Waals surface area contributed by atoms with Gasteiger partial charge in [-0.1, -0.05) is 6.92 Å². The molecule has 0 aliphatic carbocycles. The third-order valence-electron chi connectivity index (χ3n) is 2.54. The molecule has 2 heterocycles. The molecule has 86 valence electrons. The highest BCUT2D eigenvalue weighted by Crippen LogP contribution is 2.33. The average Bonchev–Trinajstić information content (AvgIpc) is 2.51. The molecule has 2 aromatic rings. The van der Waals surface area contributed by atoms with Crippen LogP contribution in [0.1, 0.15) is 23.8 Å². The van der Waals surface area contributed by atoms with Gasteiger partial charge in [0.15, 0.2) is 0 Å². The van der Waals surface area contributed by atoms with Crippen molar-refractivity contribution in [2.45, 2.75) is 27.2 Å². The van der Waals surface area contributed by atoms with E-state index in [0.29, 0.717) is 5.28 Å². The number of aromatic nitrogens is 2. The van der Waals surface area contributed by atoms with Crippen molar-refractivity contribution in [2.75, 3.05) is 11.9 Å². The van der Waals surface area contributed by atoms with Crippen LogP contribution in [-0.2, 0) is 0 Å². The van der Waals surface area contributed by atoms with Crippen LogP contribution in [0.25, 0.3) is 10.2 Å². The van der Waals surface area contributed by atoms with E-state index in [1.54, 1.807) is 11.3 Å². The molecule has 2 rings (SSSR count). The van der Waals surface area contributed by atoms with E-state index < -0.39 is 0 Å². The lowest BCUT2D eigenvalue weighted by atomic mass is 10.2. The van der Waals surface area contributed by atoms with Gasteiger partial charge in [0, 0.05) is 11.4 Å². The van der Waals surface area contributed by atoms with Crippen LogP contribution >= 0.6 is 22.9 Å². The molecular formula is C11H14ClN3S. The molecule has 5 heteroatoms. The van der Waals surface area contributed by atoms with Gasteiger partial charge < -0.3 is 5.32 Å². The van der Waals surface area contributed by atoms with Crippen molar-refractivity contribution in [3.05, 3.63) is 15.7 Å². The first-order valence-corrected chi connectivity index (χ1v) is 6.50. The second-order valence-corrected chi connectivity index (χ2v) is 5.27.